The number of hydrogen-bond donors (Lipinski definition) is 2. The molecule has 1 aromatic heterocycles. The molecular formula is C11H16N4O3S. The molecule has 3 N–H and O–H groups in total. The fourth-order valence-corrected chi connectivity index (χ4v) is 4.09. The number of sulfonamides is 1. The van der Waals surface area contributed by atoms with Crippen LogP contribution < -0.4 is 11.3 Å². The monoisotopic (exact) mass is 284 g/mol. The second kappa shape index (κ2) is 4.71. The molecule has 0 saturated carbocycles. The van der Waals surface area contributed by atoms with Crippen molar-refractivity contribution in [2.45, 2.75) is 29.9 Å². The molecule has 2 saturated heterocycles. The standard InChI is InChI=1S/C11H16N4O3S/c12-14-11-5-10(3-4-13-11)19(16,17)15-6-8-1-2-9(7-15)18-8/h3-5,8-9H,1-2,6-7,12H2,(H,13,14). The van der Waals surface area contributed by atoms with Crippen LogP contribution in [0, 0.1) is 0 Å². The second-order valence-corrected chi connectivity index (χ2v) is 6.74. The van der Waals surface area contributed by atoms with Crippen molar-refractivity contribution in [3.05, 3.63) is 18.3 Å². The van der Waals surface area contributed by atoms with Crippen LogP contribution in [0.25, 0.3) is 0 Å². The molecule has 1 aromatic rings. The van der Waals surface area contributed by atoms with Crippen LogP contribution in [0.2, 0.25) is 0 Å². The molecular weight excluding hydrogens is 268 g/mol. The lowest BCUT2D eigenvalue weighted by Crippen LogP contribution is -2.45. The average Bonchev–Trinajstić information content (AvgIpc) is 2.77. The minimum Gasteiger partial charge on any atom is -0.372 e. The topological polar surface area (TPSA) is 97.5 Å². The van der Waals surface area contributed by atoms with Gasteiger partial charge in [0.25, 0.3) is 0 Å². The predicted molar refractivity (Wildman–Crippen MR) is 68.7 cm³/mol. The van der Waals surface area contributed by atoms with Crippen LogP contribution in [0.3, 0.4) is 0 Å². The van der Waals surface area contributed by atoms with Gasteiger partial charge >= 0.3 is 0 Å². The van der Waals surface area contributed by atoms with Gasteiger partial charge in [-0.25, -0.2) is 19.2 Å². The number of ether oxygens (including phenoxy) is 1. The van der Waals surface area contributed by atoms with Crippen LogP contribution in [-0.2, 0) is 14.8 Å². The number of nitrogen functional groups attached to an aromatic ring is 1. The molecule has 0 aliphatic carbocycles. The first-order valence-corrected chi connectivity index (χ1v) is 7.62. The van der Waals surface area contributed by atoms with Gasteiger partial charge in [0.2, 0.25) is 10.0 Å². The molecule has 2 fully saturated rings. The number of anilines is 1. The van der Waals surface area contributed by atoms with Gasteiger partial charge in [0.1, 0.15) is 5.82 Å². The highest BCUT2D eigenvalue weighted by molar-refractivity contribution is 7.89. The summed E-state index contributed by atoms with van der Waals surface area (Å²) in [7, 11) is -3.50. The van der Waals surface area contributed by atoms with Gasteiger partial charge in [-0.3, -0.25) is 0 Å². The second-order valence-electron chi connectivity index (χ2n) is 4.80. The van der Waals surface area contributed by atoms with Crippen LogP contribution in [0.15, 0.2) is 23.2 Å². The first-order chi connectivity index (χ1) is 9.09. The number of nitrogens with two attached hydrogens (primary N) is 1. The molecule has 2 atom stereocenters. The zero-order valence-corrected chi connectivity index (χ0v) is 11.1. The van der Waals surface area contributed by atoms with Crippen molar-refractivity contribution in [1.29, 1.82) is 0 Å². The third-order valence-electron chi connectivity index (χ3n) is 3.53. The van der Waals surface area contributed by atoms with Crippen molar-refractivity contribution in [3.63, 3.8) is 0 Å². The van der Waals surface area contributed by atoms with E-state index >= 15 is 0 Å². The summed E-state index contributed by atoms with van der Waals surface area (Å²) in [6, 6.07) is 2.92. The van der Waals surface area contributed by atoms with Gasteiger partial charge in [0, 0.05) is 25.4 Å². The Balaban J connectivity index is 1.89. The maximum atomic E-state index is 12.5. The van der Waals surface area contributed by atoms with Crippen LogP contribution in [0.4, 0.5) is 5.82 Å². The highest BCUT2D eigenvalue weighted by Crippen LogP contribution is 2.30. The Morgan fingerprint density at radius 3 is 2.68 bits per heavy atom. The Bertz CT molecular complexity index is 565. The molecule has 3 heterocycles. The molecule has 19 heavy (non-hydrogen) atoms. The molecule has 3 rings (SSSR count). The van der Waals surface area contributed by atoms with Crippen LogP contribution in [0.1, 0.15) is 12.8 Å². The largest absolute Gasteiger partial charge is 0.372 e. The molecule has 0 amide bonds. The predicted octanol–water partition coefficient (Wildman–Crippen LogP) is -0.0809. The zero-order valence-electron chi connectivity index (χ0n) is 10.3. The molecule has 8 heteroatoms. The summed E-state index contributed by atoms with van der Waals surface area (Å²) in [5, 5.41) is 0. The molecule has 2 unspecified atom stereocenters. The number of fused-ring (bicyclic) bond motifs is 2. The van der Waals surface area contributed by atoms with Gasteiger partial charge in [-0.1, -0.05) is 0 Å². The van der Waals surface area contributed by atoms with E-state index < -0.39 is 10.0 Å². The molecule has 104 valence electrons. The van der Waals surface area contributed by atoms with E-state index in [1.165, 1.54) is 22.6 Å². The van der Waals surface area contributed by atoms with E-state index in [0.29, 0.717) is 18.9 Å². The van der Waals surface area contributed by atoms with Crippen LogP contribution in [-0.4, -0.2) is 43.0 Å². The molecule has 2 bridgehead atoms. The van der Waals surface area contributed by atoms with Gasteiger partial charge in [0.05, 0.1) is 17.1 Å². The Morgan fingerprint density at radius 1 is 1.37 bits per heavy atom. The number of hydrogen-bond acceptors (Lipinski definition) is 6. The summed E-state index contributed by atoms with van der Waals surface area (Å²) in [6.45, 7) is 0.846. The highest BCUT2D eigenvalue weighted by atomic mass is 32.2. The molecule has 7 nitrogen and oxygen atoms in total. The van der Waals surface area contributed by atoms with E-state index in [0.717, 1.165) is 12.8 Å². The van der Waals surface area contributed by atoms with Crippen molar-refractivity contribution in [3.8, 4) is 0 Å². The number of nitrogens with one attached hydrogen (secondary N) is 1. The number of rotatable bonds is 3. The van der Waals surface area contributed by atoms with Gasteiger partial charge in [-0.05, 0) is 18.9 Å². The van der Waals surface area contributed by atoms with Crippen molar-refractivity contribution < 1.29 is 13.2 Å². The Hall–Kier alpha value is -1.22. The summed E-state index contributed by atoms with van der Waals surface area (Å²) in [6.07, 6.45) is 3.35. The summed E-state index contributed by atoms with van der Waals surface area (Å²) in [5.41, 5.74) is 2.35. The molecule has 0 spiro atoms. The van der Waals surface area contributed by atoms with Crippen molar-refractivity contribution >= 4 is 15.8 Å². The smallest absolute Gasteiger partial charge is 0.243 e. The molecule has 0 radical (unpaired) electrons. The van der Waals surface area contributed by atoms with Gasteiger partial charge in [0.15, 0.2) is 0 Å². The first-order valence-electron chi connectivity index (χ1n) is 6.18. The fourth-order valence-electron chi connectivity index (χ4n) is 2.57. The minimum atomic E-state index is -3.50. The number of morpholine rings is 1. The van der Waals surface area contributed by atoms with E-state index in [-0.39, 0.29) is 17.1 Å². The number of hydrazine groups is 1. The zero-order chi connectivity index (χ0) is 13.5. The lowest BCUT2D eigenvalue weighted by molar-refractivity contribution is -0.0114. The van der Waals surface area contributed by atoms with E-state index in [9.17, 15) is 8.42 Å². The van der Waals surface area contributed by atoms with E-state index in [1.54, 1.807) is 0 Å². The van der Waals surface area contributed by atoms with Gasteiger partial charge in [-0.15, -0.1) is 0 Å². The number of nitrogens with zero attached hydrogens (tertiary/aromatic N) is 2. The maximum Gasteiger partial charge on any atom is 0.243 e. The Morgan fingerprint density at radius 2 is 2.05 bits per heavy atom. The molecule has 0 aromatic carbocycles. The SMILES string of the molecule is NNc1cc(S(=O)(=O)N2CC3CCC(C2)O3)ccn1. The van der Waals surface area contributed by atoms with Gasteiger partial charge in [-0.2, -0.15) is 4.31 Å². The molecule has 2 aliphatic rings. The summed E-state index contributed by atoms with van der Waals surface area (Å²) in [4.78, 5) is 4.12. The third kappa shape index (κ3) is 2.32. The van der Waals surface area contributed by atoms with E-state index in [2.05, 4.69) is 10.4 Å². The van der Waals surface area contributed by atoms with Crippen molar-refractivity contribution in [2.75, 3.05) is 18.5 Å². The summed E-state index contributed by atoms with van der Waals surface area (Å²) < 4.78 is 32.2. The quantitative estimate of drug-likeness (QED) is 0.595. The van der Waals surface area contributed by atoms with Crippen molar-refractivity contribution in [1.82, 2.24) is 9.29 Å². The van der Waals surface area contributed by atoms with Crippen molar-refractivity contribution in [2.24, 2.45) is 5.84 Å². The Labute approximate surface area is 111 Å². The Kier molecular flexibility index (Phi) is 3.17. The minimum absolute atomic E-state index is 0.0301. The average molecular weight is 284 g/mol. The van der Waals surface area contributed by atoms with Crippen LogP contribution in [0.5, 0.6) is 0 Å². The number of aromatic nitrogens is 1. The normalized spacial score (nSPS) is 27.4. The lowest BCUT2D eigenvalue weighted by Gasteiger charge is -2.31. The third-order valence-corrected chi connectivity index (χ3v) is 5.35. The van der Waals surface area contributed by atoms with E-state index in [4.69, 9.17) is 10.6 Å². The summed E-state index contributed by atoms with van der Waals surface area (Å²) >= 11 is 0. The highest BCUT2D eigenvalue weighted by Gasteiger charge is 2.39. The fraction of sp³-hybridized carbons (Fsp3) is 0.545. The van der Waals surface area contributed by atoms with Gasteiger partial charge < -0.3 is 10.2 Å². The molecule has 2 aliphatic heterocycles. The van der Waals surface area contributed by atoms with Crippen LogP contribution >= 0.6 is 0 Å². The number of pyridine rings is 1. The summed E-state index contributed by atoms with van der Waals surface area (Å²) in [5.74, 6) is 5.58. The first kappa shape index (κ1) is 12.8. The lowest BCUT2D eigenvalue weighted by atomic mass is 10.2. The maximum absolute atomic E-state index is 12.5. The van der Waals surface area contributed by atoms with E-state index in [1.807, 2.05) is 0 Å².